The minimum Gasteiger partial charge on any atom is -0.382 e. The van der Waals surface area contributed by atoms with Crippen molar-refractivity contribution in [1.82, 2.24) is 19.8 Å². The van der Waals surface area contributed by atoms with Crippen LogP contribution in [0.15, 0.2) is 42.9 Å². The van der Waals surface area contributed by atoms with Crippen LogP contribution in [-0.4, -0.2) is 66.5 Å². The second-order valence-electron chi connectivity index (χ2n) is 8.76. The number of aryl methyl sites for hydroxylation is 1. The molecule has 1 saturated heterocycles. The lowest BCUT2D eigenvalue weighted by Gasteiger charge is -2.30. The third-order valence-electron chi connectivity index (χ3n) is 6.34. The number of nitrogens with two attached hydrogens (primary N) is 1. The van der Waals surface area contributed by atoms with Crippen molar-refractivity contribution in [3.05, 3.63) is 59.7 Å². The maximum absolute atomic E-state index is 13.2. The minimum atomic E-state index is -0.411. The number of benzene rings is 1. The number of rotatable bonds is 4. The molecular weight excluding hydrogens is 429 g/mol. The Balaban J connectivity index is 1.41. The van der Waals surface area contributed by atoms with E-state index in [2.05, 4.69) is 50.1 Å². The number of carbonyl (C=O) groups excluding carboxylic acids is 1. The summed E-state index contributed by atoms with van der Waals surface area (Å²) in [4.78, 5) is 30.8. The topological polar surface area (TPSA) is 110 Å². The SMILES string of the molecule is BN1CCCc2cc(-c3cnc(N)c(C(=O)Nc4cnccc4N4CCOCC4)n3)ccc2C1. The molecule has 34 heavy (non-hydrogen) atoms. The first-order valence-corrected chi connectivity index (χ1v) is 11.6. The van der Waals surface area contributed by atoms with Crippen molar-refractivity contribution >= 4 is 31.1 Å². The number of pyridine rings is 1. The average Bonchev–Trinajstić information content (AvgIpc) is 3.05. The van der Waals surface area contributed by atoms with E-state index in [0.29, 0.717) is 24.6 Å². The molecule has 1 amide bonds. The van der Waals surface area contributed by atoms with Gasteiger partial charge in [-0.3, -0.25) is 9.78 Å². The standard InChI is InChI=1S/C24H28BN7O2/c25-32-7-1-2-16-12-17(3-4-18(16)15-32)19-14-28-23(26)22(29-19)24(33)30-20-13-27-6-5-21(20)31-8-10-34-11-9-31/h3-6,12-14H,1-2,7-11,15,25H2,(H2,26,28)(H,30,33). The van der Waals surface area contributed by atoms with Crippen molar-refractivity contribution in [2.75, 3.05) is 48.8 Å². The molecule has 3 aromatic rings. The summed E-state index contributed by atoms with van der Waals surface area (Å²) in [5.74, 6) is -0.319. The molecule has 2 aliphatic heterocycles. The molecule has 10 heteroatoms. The lowest BCUT2D eigenvalue weighted by Crippen LogP contribution is -2.36. The van der Waals surface area contributed by atoms with Crippen molar-refractivity contribution in [3.63, 3.8) is 0 Å². The molecule has 0 aliphatic carbocycles. The number of nitrogens with one attached hydrogen (secondary N) is 1. The van der Waals surface area contributed by atoms with Crippen LogP contribution >= 0.6 is 0 Å². The number of amides is 1. The Morgan fingerprint density at radius 1 is 1.12 bits per heavy atom. The zero-order chi connectivity index (χ0) is 23.5. The number of fused-ring (bicyclic) bond motifs is 1. The fraction of sp³-hybridized carbons (Fsp3) is 0.333. The summed E-state index contributed by atoms with van der Waals surface area (Å²) in [5, 5.41) is 2.93. The highest BCUT2D eigenvalue weighted by atomic mass is 16.5. The monoisotopic (exact) mass is 457 g/mol. The van der Waals surface area contributed by atoms with Gasteiger partial charge in [0.15, 0.2) is 19.5 Å². The van der Waals surface area contributed by atoms with Crippen molar-refractivity contribution in [2.45, 2.75) is 19.4 Å². The number of ether oxygens (including phenoxy) is 1. The van der Waals surface area contributed by atoms with Crippen LogP contribution in [0.1, 0.15) is 28.0 Å². The number of hydrogen-bond acceptors (Lipinski definition) is 8. The van der Waals surface area contributed by atoms with Gasteiger partial charge >= 0.3 is 0 Å². The molecule has 0 unspecified atom stereocenters. The molecule has 1 fully saturated rings. The van der Waals surface area contributed by atoms with Gasteiger partial charge in [0, 0.05) is 31.4 Å². The summed E-state index contributed by atoms with van der Waals surface area (Å²) in [5.41, 5.74) is 11.9. The Hall–Kier alpha value is -3.50. The zero-order valence-corrected chi connectivity index (χ0v) is 19.3. The largest absolute Gasteiger partial charge is 0.382 e. The van der Waals surface area contributed by atoms with Crippen molar-refractivity contribution < 1.29 is 9.53 Å². The van der Waals surface area contributed by atoms with Gasteiger partial charge in [0.2, 0.25) is 0 Å². The fourth-order valence-corrected chi connectivity index (χ4v) is 4.53. The number of nitrogen functional groups attached to an aromatic ring is 1. The Bertz CT molecular complexity index is 1200. The molecule has 2 aliphatic rings. The van der Waals surface area contributed by atoms with Crippen LogP contribution in [0.4, 0.5) is 17.2 Å². The number of aromatic nitrogens is 3. The predicted molar refractivity (Wildman–Crippen MR) is 134 cm³/mol. The maximum atomic E-state index is 13.2. The lowest BCUT2D eigenvalue weighted by atomic mass is 9.99. The van der Waals surface area contributed by atoms with Gasteiger partial charge in [-0.2, -0.15) is 0 Å². The van der Waals surface area contributed by atoms with Crippen LogP contribution in [0, 0.1) is 0 Å². The normalized spacial score (nSPS) is 16.5. The van der Waals surface area contributed by atoms with Gasteiger partial charge in [0.1, 0.15) is 0 Å². The molecule has 0 saturated carbocycles. The summed E-state index contributed by atoms with van der Waals surface area (Å²) in [6.45, 7) is 4.81. The second-order valence-corrected chi connectivity index (χ2v) is 8.76. The van der Waals surface area contributed by atoms with Crippen LogP contribution in [0.3, 0.4) is 0 Å². The van der Waals surface area contributed by atoms with Crippen LogP contribution in [-0.2, 0) is 17.7 Å². The molecule has 3 N–H and O–H groups in total. The molecule has 174 valence electrons. The van der Waals surface area contributed by atoms with E-state index in [-0.39, 0.29) is 11.5 Å². The maximum Gasteiger partial charge on any atom is 0.278 e. The molecular formula is C24H28BN7O2. The van der Waals surface area contributed by atoms with Crippen LogP contribution in [0.5, 0.6) is 0 Å². The smallest absolute Gasteiger partial charge is 0.278 e. The predicted octanol–water partition coefficient (Wildman–Crippen LogP) is 1.51. The number of anilines is 3. The van der Waals surface area contributed by atoms with E-state index in [4.69, 9.17) is 10.5 Å². The molecule has 5 rings (SSSR count). The Morgan fingerprint density at radius 3 is 2.82 bits per heavy atom. The molecule has 0 spiro atoms. The Labute approximate surface area is 199 Å². The van der Waals surface area contributed by atoms with Gasteiger partial charge in [0.05, 0.1) is 42.7 Å². The minimum absolute atomic E-state index is 0.0921. The van der Waals surface area contributed by atoms with E-state index >= 15 is 0 Å². The van der Waals surface area contributed by atoms with Gasteiger partial charge in [-0.1, -0.05) is 12.1 Å². The van der Waals surface area contributed by atoms with Crippen LogP contribution in [0.25, 0.3) is 11.3 Å². The Kier molecular flexibility index (Phi) is 6.42. The van der Waals surface area contributed by atoms with E-state index in [1.165, 1.54) is 11.1 Å². The van der Waals surface area contributed by atoms with E-state index in [0.717, 1.165) is 50.3 Å². The molecule has 0 bridgehead atoms. The van der Waals surface area contributed by atoms with Crippen LogP contribution in [0.2, 0.25) is 0 Å². The highest BCUT2D eigenvalue weighted by Crippen LogP contribution is 2.28. The summed E-state index contributed by atoms with van der Waals surface area (Å²) in [7, 11) is 2.14. The summed E-state index contributed by atoms with van der Waals surface area (Å²) in [6.07, 6.45) is 7.12. The molecule has 4 heterocycles. The quantitative estimate of drug-likeness (QED) is 0.568. The van der Waals surface area contributed by atoms with E-state index in [9.17, 15) is 4.79 Å². The molecule has 9 nitrogen and oxygen atoms in total. The van der Waals surface area contributed by atoms with Gasteiger partial charge in [0.25, 0.3) is 5.91 Å². The van der Waals surface area contributed by atoms with E-state index in [1.54, 1.807) is 18.6 Å². The summed E-state index contributed by atoms with van der Waals surface area (Å²) >= 11 is 0. The number of morpholine rings is 1. The molecule has 0 radical (unpaired) electrons. The average molecular weight is 457 g/mol. The molecule has 0 atom stereocenters. The van der Waals surface area contributed by atoms with E-state index < -0.39 is 5.91 Å². The van der Waals surface area contributed by atoms with E-state index in [1.807, 2.05) is 12.1 Å². The van der Waals surface area contributed by atoms with Crippen molar-refractivity contribution in [3.8, 4) is 11.3 Å². The Morgan fingerprint density at radius 2 is 1.97 bits per heavy atom. The summed E-state index contributed by atoms with van der Waals surface area (Å²) in [6, 6.07) is 8.24. The molecule has 2 aromatic heterocycles. The van der Waals surface area contributed by atoms with Crippen molar-refractivity contribution in [1.29, 1.82) is 0 Å². The molecule has 1 aromatic carbocycles. The number of carbonyl (C=O) groups is 1. The highest BCUT2D eigenvalue weighted by Gasteiger charge is 2.20. The summed E-state index contributed by atoms with van der Waals surface area (Å²) < 4.78 is 5.45. The van der Waals surface area contributed by atoms with Gasteiger partial charge < -0.3 is 25.5 Å². The highest BCUT2D eigenvalue weighted by molar-refractivity contribution is 6.07. The zero-order valence-electron chi connectivity index (χ0n) is 19.3. The lowest BCUT2D eigenvalue weighted by molar-refractivity contribution is 0.102. The fourth-order valence-electron chi connectivity index (χ4n) is 4.53. The first-order chi connectivity index (χ1) is 16.6. The van der Waals surface area contributed by atoms with Gasteiger partial charge in [-0.25, -0.2) is 9.97 Å². The second kappa shape index (κ2) is 9.78. The van der Waals surface area contributed by atoms with Gasteiger partial charge in [-0.15, -0.1) is 0 Å². The van der Waals surface area contributed by atoms with Crippen molar-refractivity contribution in [2.24, 2.45) is 0 Å². The first-order valence-electron chi connectivity index (χ1n) is 11.6. The first kappa shape index (κ1) is 22.3. The van der Waals surface area contributed by atoms with Crippen LogP contribution < -0.4 is 16.0 Å². The third-order valence-corrected chi connectivity index (χ3v) is 6.34. The number of nitrogens with zero attached hydrogens (tertiary/aromatic N) is 5. The third kappa shape index (κ3) is 4.73. The van der Waals surface area contributed by atoms with Gasteiger partial charge in [-0.05, 0) is 42.6 Å². The number of hydrogen-bond donors (Lipinski definition) is 2.